The summed E-state index contributed by atoms with van der Waals surface area (Å²) in [6, 6.07) is 7.24. The molecular weight excluding hydrogens is 254 g/mol. The van der Waals surface area contributed by atoms with Crippen LogP contribution in [0.15, 0.2) is 24.3 Å². The Bertz CT molecular complexity index is 482. The van der Waals surface area contributed by atoms with Crippen molar-refractivity contribution in [1.29, 1.82) is 0 Å². The van der Waals surface area contributed by atoms with E-state index in [1.54, 1.807) is 13.0 Å². The summed E-state index contributed by atoms with van der Waals surface area (Å²) in [6.45, 7) is 3.53. The van der Waals surface area contributed by atoms with Gasteiger partial charge in [0.2, 0.25) is 11.8 Å². The van der Waals surface area contributed by atoms with Crippen molar-refractivity contribution in [3.8, 4) is 0 Å². The van der Waals surface area contributed by atoms with Crippen molar-refractivity contribution in [2.45, 2.75) is 26.2 Å². The summed E-state index contributed by atoms with van der Waals surface area (Å²) in [6.07, 6.45) is 2.39. The molecule has 5 nitrogen and oxygen atoms in total. The van der Waals surface area contributed by atoms with Gasteiger partial charge >= 0.3 is 0 Å². The van der Waals surface area contributed by atoms with E-state index in [2.05, 4.69) is 16.0 Å². The van der Waals surface area contributed by atoms with Crippen molar-refractivity contribution in [2.24, 2.45) is 5.92 Å². The molecule has 1 atom stereocenters. The predicted octanol–water partition coefficient (Wildman–Crippen LogP) is 1.97. The first-order valence-electron chi connectivity index (χ1n) is 7.10. The third-order valence-corrected chi connectivity index (χ3v) is 3.40. The van der Waals surface area contributed by atoms with Crippen LogP contribution in [-0.4, -0.2) is 24.9 Å². The third-order valence-electron chi connectivity index (χ3n) is 3.40. The minimum absolute atomic E-state index is 0.0256. The molecule has 0 radical (unpaired) electrons. The highest BCUT2D eigenvalue weighted by atomic mass is 16.2. The predicted molar refractivity (Wildman–Crippen MR) is 79.6 cm³/mol. The van der Waals surface area contributed by atoms with Gasteiger partial charge in [-0.3, -0.25) is 9.59 Å². The summed E-state index contributed by atoms with van der Waals surface area (Å²) >= 11 is 0. The minimum atomic E-state index is -0.0371. The van der Waals surface area contributed by atoms with Crippen molar-refractivity contribution in [3.63, 3.8) is 0 Å². The van der Waals surface area contributed by atoms with E-state index < -0.39 is 0 Å². The lowest BCUT2D eigenvalue weighted by atomic mass is 9.99. The minimum Gasteiger partial charge on any atom is -0.326 e. The van der Waals surface area contributed by atoms with Crippen LogP contribution < -0.4 is 16.0 Å². The van der Waals surface area contributed by atoms with E-state index in [4.69, 9.17) is 0 Å². The highest BCUT2D eigenvalue weighted by Gasteiger charge is 2.20. The molecule has 0 spiro atoms. The van der Waals surface area contributed by atoms with Crippen molar-refractivity contribution >= 4 is 23.2 Å². The van der Waals surface area contributed by atoms with Gasteiger partial charge in [0.1, 0.15) is 0 Å². The summed E-state index contributed by atoms with van der Waals surface area (Å²) in [5.74, 6) is 0.0266. The fourth-order valence-electron chi connectivity index (χ4n) is 2.24. The van der Waals surface area contributed by atoms with Crippen molar-refractivity contribution < 1.29 is 9.59 Å². The fraction of sp³-hybridized carbons (Fsp3) is 0.467. The molecule has 1 aromatic carbocycles. The maximum Gasteiger partial charge on any atom is 0.228 e. The average Bonchev–Trinajstić information content (AvgIpc) is 2.48. The Labute approximate surface area is 119 Å². The Kier molecular flexibility index (Phi) is 5.12. The van der Waals surface area contributed by atoms with Crippen LogP contribution in [-0.2, 0) is 9.59 Å². The summed E-state index contributed by atoms with van der Waals surface area (Å²) in [5.41, 5.74) is 1.42. The highest BCUT2D eigenvalue weighted by Crippen LogP contribution is 2.18. The highest BCUT2D eigenvalue weighted by molar-refractivity contribution is 5.95. The number of hydrogen-bond donors (Lipinski definition) is 3. The number of nitrogens with one attached hydrogen (secondary N) is 3. The molecule has 20 heavy (non-hydrogen) atoms. The zero-order valence-electron chi connectivity index (χ0n) is 11.7. The van der Waals surface area contributed by atoms with E-state index >= 15 is 0 Å². The summed E-state index contributed by atoms with van der Waals surface area (Å²) in [5, 5.41) is 8.92. The topological polar surface area (TPSA) is 70.2 Å². The molecule has 0 bridgehead atoms. The Morgan fingerprint density at radius 2 is 2.05 bits per heavy atom. The van der Waals surface area contributed by atoms with Gasteiger partial charge in [0.25, 0.3) is 0 Å². The lowest BCUT2D eigenvalue weighted by Crippen LogP contribution is -2.37. The van der Waals surface area contributed by atoms with Crippen LogP contribution >= 0.6 is 0 Å². The molecule has 1 aliphatic rings. The standard InChI is InChI=1S/C15H21N3O2/c1-2-14(19)17-12-6-3-7-13(9-12)18-15(20)11-5-4-8-16-10-11/h3,6-7,9,11,16H,2,4-5,8,10H2,1H3,(H,17,19)(H,18,20). The molecule has 1 aliphatic heterocycles. The molecule has 1 unspecified atom stereocenters. The monoisotopic (exact) mass is 275 g/mol. The molecule has 1 saturated heterocycles. The number of carbonyl (C=O) groups is 2. The number of carbonyl (C=O) groups excluding carboxylic acids is 2. The third kappa shape index (κ3) is 4.06. The lowest BCUT2D eigenvalue weighted by Gasteiger charge is -2.22. The van der Waals surface area contributed by atoms with Crippen molar-refractivity contribution in [3.05, 3.63) is 24.3 Å². The van der Waals surface area contributed by atoms with Crippen LogP contribution in [0.1, 0.15) is 26.2 Å². The van der Waals surface area contributed by atoms with Crippen LogP contribution in [0, 0.1) is 5.92 Å². The molecule has 1 aromatic rings. The number of hydrogen-bond acceptors (Lipinski definition) is 3. The van der Waals surface area contributed by atoms with Crippen LogP contribution in [0.3, 0.4) is 0 Å². The maximum atomic E-state index is 12.1. The number of rotatable bonds is 4. The van der Waals surface area contributed by atoms with Gasteiger partial charge in [0, 0.05) is 24.3 Å². The lowest BCUT2D eigenvalue weighted by molar-refractivity contribution is -0.120. The van der Waals surface area contributed by atoms with Crippen LogP contribution in [0.2, 0.25) is 0 Å². The maximum absolute atomic E-state index is 12.1. The van der Waals surface area contributed by atoms with E-state index in [0.29, 0.717) is 12.1 Å². The largest absolute Gasteiger partial charge is 0.326 e. The van der Waals surface area contributed by atoms with E-state index in [-0.39, 0.29) is 17.7 Å². The number of piperidine rings is 1. The Morgan fingerprint density at radius 3 is 2.70 bits per heavy atom. The van der Waals surface area contributed by atoms with Gasteiger partial charge in [-0.2, -0.15) is 0 Å². The second kappa shape index (κ2) is 7.05. The van der Waals surface area contributed by atoms with Gasteiger partial charge in [0.05, 0.1) is 5.92 Å². The average molecular weight is 275 g/mol. The van der Waals surface area contributed by atoms with Crippen molar-refractivity contribution in [1.82, 2.24) is 5.32 Å². The first kappa shape index (κ1) is 14.5. The second-order valence-corrected chi connectivity index (χ2v) is 5.02. The molecule has 0 aliphatic carbocycles. The zero-order chi connectivity index (χ0) is 14.4. The van der Waals surface area contributed by atoms with E-state index in [0.717, 1.165) is 31.6 Å². The fourth-order valence-corrected chi connectivity index (χ4v) is 2.24. The molecule has 5 heteroatoms. The summed E-state index contributed by atoms with van der Waals surface area (Å²) < 4.78 is 0. The molecule has 0 saturated carbocycles. The number of anilines is 2. The zero-order valence-corrected chi connectivity index (χ0v) is 11.7. The van der Waals surface area contributed by atoms with Gasteiger partial charge in [-0.15, -0.1) is 0 Å². The van der Waals surface area contributed by atoms with Gasteiger partial charge in [-0.1, -0.05) is 13.0 Å². The number of benzene rings is 1. The summed E-state index contributed by atoms with van der Waals surface area (Å²) in [4.78, 5) is 23.5. The molecule has 108 valence electrons. The van der Waals surface area contributed by atoms with Crippen LogP contribution in [0.25, 0.3) is 0 Å². The van der Waals surface area contributed by atoms with Gasteiger partial charge in [-0.05, 0) is 37.6 Å². The molecule has 0 aromatic heterocycles. The van der Waals surface area contributed by atoms with Gasteiger partial charge in [-0.25, -0.2) is 0 Å². The van der Waals surface area contributed by atoms with Gasteiger partial charge < -0.3 is 16.0 Å². The Balaban J connectivity index is 1.96. The number of amides is 2. The van der Waals surface area contributed by atoms with Crippen LogP contribution in [0.4, 0.5) is 11.4 Å². The second-order valence-electron chi connectivity index (χ2n) is 5.02. The molecule has 3 N–H and O–H groups in total. The molecule has 1 heterocycles. The smallest absolute Gasteiger partial charge is 0.228 e. The van der Waals surface area contributed by atoms with E-state index in [1.807, 2.05) is 18.2 Å². The van der Waals surface area contributed by atoms with E-state index in [9.17, 15) is 9.59 Å². The first-order valence-corrected chi connectivity index (χ1v) is 7.10. The van der Waals surface area contributed by atoms with Crippen LogP contribution in [0.5, 0.6) is 0 Å². The molecule has 2 rings (SSSR count). The van der Waals surface area contributed by atoms with E-state index in [1.165, 1.54) is 0 Å². The summed E-state index contributed by atoms with van der Waals surface area (Å²) in [7, 11) is 0. The SMILES string of the molecule is CCC(=O)Nc1cccc(NC(=O)C2CCCNC2)c1. The Morgan fingerprint density at radius 1 is 1.30 bits per heavy atom. The Hall–Kier alpha value is -1.88. The normalized spacial score (nSPS) is 18.4. The van der Waals surface area contributed by atoms with Gasteiger partial charge in [0.15, 0.2) is 0 Å². The van der Waals surface area contributed by atoms with Crippen molar-refractivity contribution in [2.75, 3.05) is 23.7 Å². The molecule has 1 fully saturated rings. The molecule has 2 amide bonds. The quantitative estimate of drug-likeness (QED) is 0.787. The molecular formula is C15H21N3O2. The first-order chi connectivity index (χ1) is 9.69.